The van der Waals surface area contributed by atoms with Crippen molar-refractivity contribution in [1.82, 2.24) is 14.7 Å². The van der Waals surface area contributed by atoms with Gasteiger partial charge in [-0.15, -0.1) is 0 Å². The van der Waals surface area contributed by atoms with Crippen molar-refractivity contribution in [2.45, 2.75) is 57.4 Å². The summed E-state index contributed by atoms with van der Waals surface area (Å²) in [5, 5.41) is 6.43. The molecular formula is C20H25F3N4O. The lowest BCUT2D eigenvalue weighted by Gasteiger charge is -2.31. The molecule has 1 heterocycles. The summed E-state index contributed by atoms with van der Waals surface area (Å²) in [5.41, 5.74) is 1.74. The van der Waals surface area contributed by atoms with Crippen LogP contribution in [0.25, 0.3) is 0 Å². The van der Waals surface area contributed by atoms with Gasteiger partial charge in [-0.25, -0.2) is 0 Å². The Kier molecular flexibility index (Phi) is 6.39. The fourth-order valence-electron chi connectivity index (χ4n) is 3.65. The number of para-hydroxylation sites is 1. The van der Waals surface area contributed by atoms with Crippen molar-refractivity contribution in [3.05, 3.63) is 47.8 Å². The predicted molar refractivity (Wildman–Crippen MR) is 101 cm³/mol. The minimum atomic E-state index is -4.38. The van der Waals surface area contributed by atoms with Crippen LogP contribution in [0.4, 0.5) is 18.9 Å². The van der Waals surface area contributed by atoms with Crippen LogP contribution in [0.5, 0.6) is 0 Å². The maximum absolute atomic E-state index is 12.5. The Bertz CT molecular complexity index is 797. The Hall–Kier alpha value is -2.35. The first-order valence-corrected chi connectivity index (χ1v) is 9.50. The number of halogens is 3. The quantitative estimate of drug-likeness (QED) is 0.787. The summed E-state index contributed by atoms with van der Waals surface area (Å²) in [7, 11) is 2.09. The Morgan fingerprint density at radius 3 is 2.68 bits per heavy atom. The fourth-order valence-corrected chi connectivity index (χ4v) is 3.65. The van der Waals surface area contributed by atoms with Crippen LogP contribution in [0.2, 0.25) is 0 Å². The molecule has 0 radical (unpaired) electrons. The third kappa shape index (κ3) is 5.58. The third-order valence-electron chi connectivity index (χ3n) is 5.12. The van der Waals surface area contributed by atoms with E-state index < -0.39 is 18.6 Å². The van der Waals surface area contributed by atoms with Gasteiger partial charge >= 0.3 is 6.18 Å². The van der Waals surface area contributed by atoms with Gasteiger partial charge in [0, 0.05) is 24.5 Å². The molecule has 0 bridgehead atoms. The predicted octanol–water partition coefficient (Wildman–Crippen LogP) is 4.46. The van der Waals surface area contributed by atoms with Crippen LogP contribution in [-0.2, 0) is 13.1 Å². The smallest absolute Gasteiger partial charge is 0.322 e. The second-order valence-corrected chi connectivity index (χ2v) is 7.36. The lowest BCUT2D eigenvalue weighted by molar-refractivity contribution is -0.142. The van der Waals surface area contributed by atoms with Crippen molar-refractivity contribution in [3.8, 4) is 0 Å². The molecule has 0 unspecified atom stereocenters. The van der Waals surface area contributed by atoms with E-state index in [0.717, 1.165) is 22.6 Å². The molecule has 0 aliphatic heterocycles. The monoisotopic (exact) mass is 394 g/mol. The minimum absolute atomic E-state index is 0.0969. The number of hydrogen-bond acceptors (Lipinski definition) is 3. The molecule has 1 fully saturated rings. The number of nitrogens with one attached hydrogen (secondary N) is 1. The van der Waals surface area contributed by atoms with Gasteiger partial charge in [-0.2, -0.15) is 18.3 Å². The highest BCUT2D eigenvalue weighted by Crippen LogP contribution is 2.25. The average molecular weight is 394 g/mol. The molecule has 1 saturated carbocycles. The molecule has 28 heavy (non-hydrogen) atoms. The molecule has 1 aliphatic rings. The van der Waals surface area contributed by atoms with E-state index in [9.17, 15) is 18.0 Å². The van der Waals surface area contributed by atoms with E-state index >= 15 is 0 Å². The highest BCUT2D eigenvalue weighted by atomic mass is 19.4. The molecule has 2 aromatic rings. The van der Waals surface area contributed by atoms with E-state index in [1.807, 2.05) is 24.3 Å². The Morgan fingerprint density at radius 2 is 1.96 bits per heavy atom. The Labute approximate surface area is 162 Å². The first kappa shape index (κ1) is 20.4. The van der Waals surface area contributed by atoms with Gasteiger partial charge in [-0.05, 0) is 31.5 Å². The van der Waals surface area contributed by atoms with Gasteiger partial charge in [0.05, 0.1) is 11.8 Å². The van der Waals surface area contributed by atoms with Gasteiger partial charge in [0.15, 0.2) is 0 Å². The van der Waals surface area contributed by atoms with Crippen LogP contribution in [0.1, 0.15) is 48.0 Å². The number of hydrogen-bond donors (Lipinski definition) is 1. The van der Waals surface area contributed by atoms with E-state index in [1.54, 1.807) is 0 Å². The summed E-state index contributed by atoms with van der Waals surface area (Å²) < 4.78 is 38.1. The van der Waals surface area contributed by atoms with Gasteiger partial charge in [-0.3, -0.25) is 14.4 Å². The largest absolute Gasteiger partial charge is 0.408 e. The lowest BCUT2D eigenvalue weighted by atomic mass is 9.94. The second kappa shape index (κ2) is 8.77. The molecule has 1 aromatic heterocycles. The van der Waals surface area contributed by atoms with Gasteiger partial charge in [-0.1, -0.05) is 37.5 Å². The normalized spacial score (nSPS) is 15.8. The maximum atomic E-state index is 12.5. The molecule has 1 aliphatic carbocycles. The van der Waals surface area contributed by atoms with Crippen molar-refractivity contribution in [2.24, 2.45) is 0 Å². The standard InChI is InChI=1S/C20H25F3N4O/c1-26(17-8-3-2-4-9-17)12-15-7-5-6-10-18(15)25-19(28)16-11-24-27(13-16)14-20(21,22)23/h5-7,10-11,13,17H,2-4,8-9,12,14H2,1H3,(H,25,28). The molecule has 0 saturated heterocycles. The van der Waals surface area contributed by atoms with Gasteiger partial charge in [0.1, 0.15) is 6.54 Å². The summed E-state index contributed by atoms with van der Waals surface area (Å²) in [6.07, 6.45) is 4.03. The Balaban J connectivity index is 1.66. The number of alkyl halides is 3. The lowest BCUT2D eigenvalue weighted by Crippen LogP contribution is -2.33. The molecule has 0 atom stereocenters. The molecule has 1 aromatic carbocycles. The molecule has 1 amide bonds. The number of benzene rings is 1. The number of carbonyl (C=O) groups excluding carboxylic acids is 1. The van der Waals surface area contributed by atoms with Crippen LogP contribution >= 0.6 is 0 Å². The van der Waals surface area contributed by atoms with Crippen LogP contribution < -0.4 is 5.32 Å². The molecule has 1 N–H and O–H groups in total. The number of carbonyl (C=O) groups is 1. The van der Waals surface area contributed by atoms with Crippen molar-refractivity contribution >= 4 is 11.6 Å². The van der Waals surface area contributed by atoms with Crippen LogP contribution in [0.3, 0.4) is 0 Å². The van der Waals surface area contributed by atoms with Crippen molar-refractivity contribution in [3.63, 3.8) is 0 Å². The topological polar surface area (TPSA) is 50.2 Å². The summed E-state index contributed by atoms with van der Waals surface area (Å²) in [6.45, 7) is -0.516. The number of nitrogens with zero attached hydrogens (tertiary/aromatic N) is 3. The van der Waals surface area contributed by atoms with Gasteiger partial charge in [0.25, 0.3) is 5.91 Å². The zero-order valence-electron chi connectivity index (χ0n) is 15.9. The van der Waals surface area contributed by atoms with Gasteiger partial charge < -0.3 is 5.32 Å². The first-order valence-electron chi connectivity index (χ1n) is 9.50. The molecule has 152 valence electrons. The minimum Gasteiger partial charge on any atom is -0.322 e. The number of aromatic nitrogens is 2. The van der Waals surface area contributed by atoms with Crippen molar-refractivity contribution in [2.75, 3.05) is 12.4 Å². The average Bonchev–Trinajstić information content (AvgIpc) is 3.11. The van der Waals surface area contributed by atoms with Crippen molar-refractivity contribution < 1.29 is 18.0 Å². The third-order valence-corrected chi connectivity index (χ3v) is 5.12. The Morgan fingerprint density at radius 1 is 1.25 bits per heavy atom. The van der Waals surface area contributed by atoms with E-state index in [0.29, 0.717) is 18.3 Å². The van der Waals surface area contributed by atoms with E-state index in [-0.39, 0.29) is 5.56 Å². The highest BCUT2D eigenvalue weighted by Gasteiger charge is 2.28. The van der Waals surface area contributed by atoms with Crippen molar-refractivity contribution in [1.29, 1.82) is 0 Å². The molecule has 3 rings (SSSR count). The number of anilines is 1. The van der Waals surface area contributed by atoms with Crippen LogP contribution in [-0.4, -0.2) is 39.9 Å². The zero-order valence-corrected chi connectivity index (χ0v) is 15.9. The highest BCUT2D eigenvalue weighted by molar-refractivity contribution is 6.04. The summed E-state index contributed by atoms with van der Waals surface area (Å²) in [5.74, 6) is -0.471. The van der Waals surface area contributed by atoms with Gasteiger partial charge in [0.2, 0.25) is 0 Å². The molecule has 0 spiro atoms. The first-order chi connectivity index (χ1) is 13.3. The maximum Gasteiger partial charge on any atom is 0.408 e. The fraction of sp³-hybridized carbons (Fsp3) is 0.500. The zero-order chi connectivity index (χ0) is 20.1. The molecule has 8 heteroatoms. The molecular weight excluding hydrogens is 369 g/mol. The van der Waals surface area contributed by atoms with E-state index in [2.05, 4.69) is 22.4 Å². The summed E-state index contributed by atoms with van der Waals surface area (Å²) in [6, 6.07) is 8.05. The van der Waals surface area contributed by atoms with E-state index in [1.165, 1.54) is 32.1 Å². The molecule has 5 nitrogen and oxygen atoms in total. The SMILES string of the molecule is CN(Cc1ccccc1NC(=O)c1cnn(CC(F)(F)F)c1)C1CCCCC1. The summed E-state index contributed by atoms with van der Waals surface area (Å²) in [4.78, 5) is 14.8. The van der Waals surface area contributed by atoms with E-state index in [4.69, 9.17) is 0 Å². The number of amides is 1. The second-order valence-electron chi connectivity index (χ2n) is 7.36. The summed E-state index contributed by atoms with van der Waals surface area (Å²) >= 11 is 0. The van der Waals surface area contributed by atoms with Crippen LogP contribution in [0, 0.1) is 0 Å². The number of rotatable bonds is 6. The van der Waals surface area contributed by atoms with Crippen LogP contribution in [0.15, 0.2) is 36.7 Å².